The van der Waals surface area contributed by atoms with Crippen LogP contribution in [0.1, 0.15) is 59.3 Å². The van der Waals surface area contributed by atoms with E-state index in [2.05, 4.69) is 6.92 Å². The Bertz CT molecular complexity index is 527. The maximum absolute atomic E-state index is 12.7. The molecule has 1 aliphatic heterocycles. The Balaban J connectivity index is 1.60. The molecule has 5 rings (SSSR count). The summed E-state index contributed by atoms with van der Waals surface area (Å²) < 4.78 is 12.6. The van der Waals surface area contributed by atoms with Crippen molar-refractivity contribution in [2.24, 2.45) is 28.6 Å². The minimum Gasteiger partial charge on any atom is -0.345 e. The molecular weight excluding hydrogens is 264 g/mol. The lowest BCUT2D eigenvalue weighted by molar-refractivity contribution is -0.173. The van der Waals surface area contributed by atoms with Gasteiger partial charge >= 0.3 is 0 Å². The van der Waals surface area contributed by atoms with Crippen molar-refractivity contribution in [2.75, 3.05) is 0 Å². The van der Waals surface area contributed by atoms with Gasteiger partial charge in [0.1, 0.15) is 5.78 Å². The number of ether oxygens (including phenoxy) is 2. The molecule has 21 heavy (non-hydrogen) atoms. The summed E-state index contributed by atoms with van der Waals surface area (Å²) in [5.41, 5.74) is 0.188. The van der Waals surface area contributed by atoms with Crippen molar-refractivity contribution in [2.45, 2.75) is 77.3 Å². The van der Waals surface area contributed by atoms with Gasteiger partial charge in [-0.15, -0.1) is 0 Å². The van der Waals surface area contributed by atoms with E-state index in [9.17, 15) is 4.79 Å². The summed E-state index contributed by atoms with van der Waals surface area (Å²) >= 11 is 0. The van der Waals surface area contributed by atoms with Crippen molar-refractivity contribution in [3.8, 4) is 0 Å². The molecule has 5 fully saturated rings. The summed E-state index contributed by atoms with van der Waals surface area (Å²) in [6.45, 7) is 6.37. The average Bonchev–Trinajstić information content (AvgIpc) is 3.08. The van der Waals surface area contributed by atoms with Gasteiger partial charge in [-0.05, 0) is 63.7 Å². The van der Waals surface area contributed by atoms with Crippen LogP contribution in [0.4, 0.5) is 0 Å². The molecule has 7 atom stereocenters. The van der Waals surface area contributed by atoms with Gasteiger partial charge in [0.15, 0.2) is 5.79 Å². The zero-order valence-electron chi connectivity index (χ0n) is 13.4. The van der Waals surface area contributed by atoms with E-state index in [0.717, 1.165) is 25.2 Å². The number of carbonyl (C=O) groups is 1. The molecule has 3 nitrogen and oxygen atoms in total. The van der Waals surface area contributed by atoms with Gasteiger partial charge in [0.25, 0.3) is 0 Å². The van der Waals surface area contributed by atoms with Crippen molar-refractivity contribution in [1.29, 1.82) is 0 Å². The van der Waals surface area contributed by atoms with Crippen molar-refractivity contribution in [3.05, 3.63) is 0 Å². The number of hydrogen-bond acceptors (Lipinski definition) is 3. The largest absolute Gasteiger partial charge is 0.345 e. The standard InChI is InChI=1S/C18H26O3/c1-16(2)20-12-8-10-4-6-13-17(3)11(5-7-14(17)19)9-18(10,13)15(12)21-16/h10-13,15H,4-9H2,1-3H3/t10-,11+,12+,13+,15-,17+,18+/m0/s1. The molecule has 0 aromatic heterocycles. The molecule has 0 N–H and O–H groups in total. The van der Waals surface area contributed by atoms with Gasteiger partial charge in [-0.3, -0.25) is 4.79 Å². The molecule has 1 heterocycles. The lowest BCUT2D eigenvalue weighted by Crippen LogP contribution is -2.43. The van der Waals surface area contributed by atoms with E-state index >= 15 is 0 Å². The third kappa shape index (κ3) is 1.29. The van der Waals surface area contributed by atoms with E-state index in [1.807, 2.05) is 13.8 Å². The summed E-state index contributed by atoms with van der Waals surface area (Å²) in [4.78, 5) is 12.7. The molecule has 0 amide bonds. The van der Waals surface area contributed by atoms with E-state index in [0.29, 0.717) is 17.6 Å². The summed E-state index contributed by atoms with van der Waals surface area (Å²) in [6, 6.07) is 0. The fourth-order valence-corrected chi connectivity index (χ4v) is 7.31. The molecule has 3 heteroatoms. The highest BCUT2D eigenvalue weighted by atomic mass is 16.8. The first-order chi connectivity index (χ1) is 9.88. The topological polar surface area (TPSA) is 35.5 Å². The van der Waals surface area contributed by atoms with E-state index in [-0.39, 0.29) is 23.0 Å². The summed E-state index contributed by atoms with van der Waals surface area (Å²) in [7, 11) is 0. The predicted octanol–water partition coefficient (Wildman–Crippen LogP) is 3.31. The molecule has 0 bridgehead atoms. The zero-order chi connectivity index (χ0) is 14.6. The Labute approximate surface area is 126 Å². The Morgan fingerprint density at radius 1 is 1.05 bits per heavy atom. The second-order valence-electron chi connectivity index (χ2n) is 8.92. The molecule has 0 unspecified atom stereocenters. The van der Waals surface area contributed by atoms with Crippen molar-refractivity contribution in [3.63, 3.8) is 0 Å². The Morgan fingerprint density at radius 2 is 1.86 bits per heavy atom. The first kappa shape index (κ1) is 13.1. The Kier molecular flexibility index (Phi) is 2.22. The smallest absolute Gasteiger partial charge is 0.163 e. The van der Waals surface area contributed by atoms with Gasteiger partial charge < -0.3 is 9.47 Å². The van der Waals surface area contributed by atoms with Crippen LogP contribution in [0.2, 0.25) is 0 Å². The van der Waals surface area contributed by atoms with Gasteiger partial charge in [0.2, 0.25) is 0 Å². The molecule has 4 aliphatic carbocycles. The van der Waals surface area contributed by atoms with Crippen LogP contribution in [0.15, 0.2) is 0 Å². The summed E-state index contributed by atoms with van der Waals surface area (Å²) in [5, 5.41) is 0. The SMILES string of the molecule is CC1(C)O[C@@H]2C[C@@H]3CC[C@@H]4[C@]5(C)C(=O)CC[C@@H]5C[C@@]34[C@H]2O1. The van der Waals surface area contributed by atoms with Crippen LogP contribution in [0.25, 0.3) is 0 Å². The first-order valence-corrected chi connectivity index (χ1v) is 8.77. The third-order valence-electron chi connectivity index (χ3n) is 7.94. The molecular formula is C18H26O3. The third-order valence-corrected chi connectivity index (χ3v) is 7.94. The van der Waals surface area contributed by atoms with Crippen LogP contribution in [0.3, 0.4) is 0 Å². The quantitative estimate of drug-likeness (QED) is 0.686. The highest BCUT2D eigenvalue weighted by molar-refractivity contribution is 5.88. The number of rotatable bonds is 0. The molecule has 116 valence electrons. The Hall–Kier alpha value is -0.410. The van der Waals surface area contributed by atoms with Crippen molar-refractivity contribution in [1.82, 2.24) is 0 Å². The molecule has 0 aromatic carbocycles. The van der Waals surface area contributed by atoms with Gasteiger partial charge in [0, 0.05) is 17.3 Å². The fraction of sp³-hybridized carbons (Fsp3) is 0.944. The van der Waals surface area contributed by atoms with Crippen LogP contribution in [-0.4, -0.2) is 23.8 Å². The van der Waals surface area contributed by atoms with Crippen molar-refractivity contribution >= 4 is 5.78 Å². The van der Waals surface area contributed by atoms with Crippen molar-refractivity contribution < 1.29 is 14.3 Å². The molecule has 1 saturated heterocycles. The lowest BCUT2D eigenvalue weighted by atomic mass is 9.67. The highest BCUT2D eigenvalue weighted by Gasteiger charge is 2.75. The average molecular weight is 290 g/mol. The number of Topliss-reactive ketones (excluding diaryl/α,β-unsaturated/α-hetero) is 1. The molecule has 0 aromatic rings. The highest BCUT2D eigenvalue weighted by Crippen LogP contribution is 2.75. The molecule has 0 radical (unpaired) electrons. The molecule has 4 saturated carbocycles. The minimum absolute atomic E-state index is 0.0558. The Morgan fingerprint density at radius 3 is 2.67 bits per heavy atom. The van der Waals surface area contributed by atoms with E-state index < -0.39 is 5.79 Å². The maximum atomic E-state index is 12.7. The van der Waals surface area contributed by atoms with E-state index in [4.69, 9.17) is 9.47 Å². The summed E-state index contributed by atoms with van der Waals surface area (Å²) in [5.74, 6) is 1.97. The fourth-order valence-electron chi connectivity index (χ4n) is 7.31. The van der Waals surface area contributed by atoms with Gasteiger partial charge in [-0.2, -0.15) is 0 Å². The first-order valence-electron chi connectivity index (χ1n) is 8.77. The lowest BCUT2D eigenvalue weighted by Gasteiger charge is -2.39. The predicted molar refractivity (Wildman–Crippen MR) is 77.5 cm³/mol. The van der Waals surface area contributed by atoms with Crippen LogP contribution in [0.5, 0.6) is 0 Å². The second kappa shape index (κ2) is 3.56. The van der Waals surface area contributed by atoms with E-state index in [1.54, 1.807) is 0 Å². The monoisotopic (exact) mass is 290 g/mol. The maximum Gasteiger partial charge on any atom is 0.163 e. The van der Waals surface area contributed by atoms with Gasteiger partial charge in [0.05, 0.1) is 12.2 Å². The normalized spacial score (nSPS) is 60.0. The van der Waals surface area contributed by atoms with Crippen LogP contribution in [0, 0.1) is 28.6 Å². The number of ketones is 1. The van der Waals surface area contributed by atoms with Crippen LogP contribution >= 0.6 is 0 Å². The number of fused-ring (bicyclic) bond motifs is 3. The van der Waals surface area contributed by atoms with Crippen LogP contribution in [-0.2, 0) is 14.3 Å². The number of carbonyl (C=O) groups excluding carboxylic acids is 1. The minimum atomic E-state index is -0.440. The zero-order valence-corrected chi connectivity index (χ0v) is 13.4. The molecule has 5 aliphatic rings. The van der Waals surface area contributed by atoms with E-state index in [1.165, 1.54) is 19.3 Å². The summed E-state index contributed by atoms with van der Waals surface area (Å²) in [6.07, 6.45) is 7.31. The molecule has 1 spiro atoms. The van der Waals surface area contributed by atoms with Crippen LogP contribution < -0.4 is 0 Å². The van der Waals surface area contributed by atoms with Gasteiger partial charge in [-0.1, -0.05) is 6.92 Å². The van der Waals surface area contributed by atoms with Gasteiger partial charge in [-0.25, -0.2) is 0 Å². The number of hydrogen-bond donors (Lipinski definition) is 0. The second-order valence-corrected chi connectivity index (χ2v) is 8.92.